The highest BCUT2D eigenvalue weighted by Crippen LogP contribution is 2.24. The van der Waals surface area contributed by atoms with Gasteiger partial charge in [-0.3, -0.25) is 14.9 Å². The van der Waals surface area contributed by atoms with Crippen molar-refractivity contribution in [3.05, 3.63) is 38.9 Å². The average molecular weight is 272 g/mol. The molecule has 0 aliphatic rings. The number of alkyl halides is 1. The van der Waals surface area contributed by atoms with Crippen molar-refractivity contribution in [2.24, 2.45) is 0 Å². The predicted molar refractivity (Wildman–Crippen MR) is 67.7 cm³/mol. The van der Waals surface area contributed by atoms with Gasteiger partial charge in [0.05, 0.1) is 18.0 Å². The number of nitro benzene ring substituents is 1. The molecule has 5 nitrogen and oxygen atoms in total. The number of nitro groups is 1. The number of halogens is 1. The third-order valence-electron chi connectivity index (χ3n) is 2.60. The highest BCUT2D eigenvalue weighted by molar-refractivity contribution is 6.17. The van der Waals surface area contributed by atoms with Crippen LogP contribution in [0.1, 0.15) is 23.6 Å². The van der Waals surface area contributed by atoms with Crippen LogP contribution in [0, 0.1) is 17.0 Å². The Hall–Kier alpha value is -1.62. The van der Waals surface area contributed by atoms with Gasteiger partial charge in [0.25, 0.3) is 5.69 Å². The molecule has 98 valence electrons. The van der Waals surface area contributed by atoms with Crippen molar-refractivity contribution in [2.75, 3.05) is 6.61 Å². The number of benzene rings is 1. The first-order chi connectivity index (χ1) is 8.49. The van der Waals surface area contributed by atoms with Gasteiger partial charge in [0.1, 0.15) is 0 Å². The van der Waals surface area contributed by atoms with Crippen LogP contribution >= 0.6 is 11.6 Å². The third kappa shape index (κ3) is 3.43. The van der Waals surface area contributed by atoms with Gasteiger partial charge in [-0.2, -0.15) is 0 Å². The topological polar surface area (TPSA) is 69.4 Å². The maximum Gasteiger partial charge on any atom is 0.310 e. The Kier molecular flexibility index (Phi) is 5.09. The smallest absolute Gasteiger partial charge is 0.310 e. The molecule has 0 amide bonds. The fourth-order valence-electron chi connectivity index (χ4n) is 1.62. The molecule has 0 fully saturated rings. The van der Waals surface area contributed by atoms with Gasteiger partial charge >= 0.3 is 5.97 Å². The van der Waals surface area contributed by atoms with Crippen LogP contribution in [0.3, 0.4) is 0 Å². The molecular weight excluding hydrogens is 258 g/mol. The molecule has 1 aromatic rings. The summed E-state index contributed by atoms with van der Waals surface area (Å²) in [4.78, 5) is 21.7. The number of nitrogens with zero attached hydrogens (tertiary/aromatic N) is 1. The van der Waals surface area contributed by atoms with E-state index in [1.807, 2.05) is 0 Å². The number of carbonyl (C=O) groups is 1. The van der Waals surface area contributed by atoms with Gasteiger partial charge in [0, 0.05) is 18.0 Å². The molecule has 0 saturated heterocycles. The molecule has 0 saturated carbocycles. The number of carbonyl (C=O) groups excluding carboxylic acids is 1. The van der Waals surface area contributed by atoms with E-state index >= 15 is 0 Å². The first kappa shape index (κ1) is 14.4. The van der Waals surface area contributed by atoms with Gasteiger partial charge in [0.2, 0.25) is 0 Å². The summed E-state index contributed by atoms with van der Waals surface area (Å²) in [5.74, 6) is -0.231. The maximum absolute atomic E-state index is 11.4. The molecule has 0 unspecified atom stereocenters. The molecule has 1 rings (SSSR count). The molecule has 1 aromatic carbocycles. The molecule has 0 aliphatic carbocycles. The van der Waals surface area contributed by atoms with Crippen molar-refractivity contribution in [2.45, 2.75) is 26.1 Å². The second kappa shape index (κ2) is 6.35. The van der Waals surface area contributed by atoms with E-state index in [-0.39, 0.29) is 24.6 Å². The van der Waals surface area contributed by atoms with Crippen LogP contribution in [0.25, 0.3) is 0 Å². The SMILES string of the molecule is CCOC(=O)Cc1cc([N+](=O)[O-])cc(CCl)c1C. The zero-order valence-electron chi connectivity index (χ0n) is 10.2. The summed E-state index contributed by atoms with van der Waals surface area (Å²) in [6.07, 6.45) is 0.0191. The Morgan fingerprint density at radius 3 is 2.56 bits per heavy atom. The minimum Gasteiger partial charge on any atom is -0.466 e. The first-order valence-electron chi connectivity index (χ1n) is 5.48. The van der Waals surface area contributed by atoms with E-state index in [2.05, 4.69) is 0 Å². The normalized spacial score (nSPS) is 10.2. The largest absolute Gasteiger partial charge is 0.466 e. The number of hydrogen-bond acceptors (Lipinski definition) is 4. The molecule has 0 heterocycles. The quantitative estimate of drug-likeness (QED) is 0.357. The number of esters is 1. The van der Waals surface area contributed by atoms with Gasteiger partial charge in [-0.25, -0.2) is 0 Å². The van der Waals surface area contributed by atoms with Crippen molar-refractivity contribution in [3.63, 3.8) is 0 Å². The lowest BCUT2D eigenvalue weighted by Gasteiger charge is -2.09. The number of rotatable bonds is 5. The standard InChI is InChI=1S/C12H14ClNO4/c1-3-18-12(15)6-9-4-11(14(16)17)5-10(7-13)8(9)2/h4-5H,3,6-7H2,1-2H3. The number of hydrogen-bond donors (Lipinski definition) is 0. The van der Waals surface area contributed by atoms with E-state index in [0.29, 0.717) is 11.1 Å². The van der Waals surface area contributed by atoms with E-state index in [1.165, 1.54) is 12.1 Å². The van der Waals surface area contributed by atoms with Gasteiger partial charge in [-0.1, -0.05) is 0 Å². The summed E-state index contributed by atoms with van der Waals surface area (Å²) in [7, 11) is 0. The Morgan fingerprint density at radius 2 is 2.06 bits per heavy atom. The van der Waals surface area contributed by atoms with Crippen molar-refractivity contribution in [1.82, 2.24) is 0 Å². The second-order valence-electron chi connectivity index (χ2n) is 3.76. The lowest BCUT2D eigenvalue weighted by atomic mass is 10.00. The van der Waals surface area contributed by atoms with Crippen LogP contribution in [-0.2, 0) is 21.8 Å². The van der Waals surface area contributed by atoms with Crippen LogP contribution in [0.2, 0.25) is 0 Å². The fourth-order valence-corrected chi connectivity index (χ4v) is 1.89. The Bertz CT molecular complexity index is 473. The lowest BCUT2D eigenvalue weighted by molar-refractivity contribution is -0.385. The van der Waals surface area contributed by atoms with Crippen molar-refractivity contribution in [1.29, 1.82) is 0 Å². The molecule has 0 aromatic heterocycles. The second-order valence-corrected chi connectivity index (χ2v) is 4.03. The van der Waals surface area contributed by atoms with E-state index < -0.39 is 10.9 Å². The fraction of sp³-hybridized carbons (Fsp3) is 0.417. The summed E-state index contributed by atoms with van der Waals surface area (Å²) in [6, 6.07) is 2.82. The molecule has 0 spiro atoms. The van der Waals surface area contributed by atoms with E-state index in [4.69, 9.17) is 16.3 Å². The Labute approximate surface area is 110 Å². The first-order valence-corrected chi connectivity index (χ1v) is 6.01. The van der Waals surface area contributed by atoms with Gasteiger partial charge < -0.3 is 4.74 Å². The zero-order valence-corrected chi connectivity index (χ0v) is 11.0. The molecule has 18 heavy (non-hydrogen) atoms. The van der Waals surface area contributed by atoms with Gasteiger partial charge in [-0.05, 0) is 30.5 Å². The predicted octanol–water partition coefficient (Wildman–Crippen LogP) is 2.75. The monoisotopic (exact) mass is 271 g/mol. The van der Waals surface area contributed by atoms with Crippen LogP contribution < -0.4 is 0 Å². The minimum absolute atomic E-state index is 0.0191. The van der Waals surface area contributed by atoms with Crippen LogP contribution in [-0.4, -0.2) is 17.5 Å². The van der Waals surface area contributed by atoms with Crippen molar-refractivity contribution in [3.8, 4) is 0 Å². The molecular formula is C12H14ClNO4. The molecule has 0 radical (unpaired) electrons. The number of ether oxygens (including phenoxy) is 1. The van der Waals surface area contributed by atoms with Gasteiger partial charge in [0.15, 0.2) is 0 Å². The molecule has 0 atom stereocenters. The summed E-state index contributed by atoms with van der Waals surface area (Å²) in [5.41, 5.74) is 1.97. The van der Waals surface area contributed by atoms with Crippen LogP contribution in [0.15, 0.2) is 12.1 Å². The van der Waals surface area contributed by atoms with E-state index in [0.717, 1.165) is 5.56 Å². The minimum atomic E-state index is -0.496. The molecule has 0 N–H and O–H groups in total. The lowest BCUT2D eigenvalue weighted by Crippen LogP contribution is -2.09. The highest BCUT2D eigenvalue weighted by Gasteiger charge is 2.16. The summed E-state index contributed by atoms with van der Waals surface area (Å²) < 4.78 is 4.83. The van der Waals surface area contributed by atoms with E-state index in [1.54, 1.807) is 13.8 Å². The maximum atomic E-state index is 11.4. The molecule has 0 bridgehead atoms. The zero-order chi connectivity index (χ0) is 13.7. The van der Waals surface area contributed by atoms with Crippen molar-refractivity contribution >= 4 is 23.3 Å². The highest BCUT2D eigenvalue weighted by atomic mass is 35.5. The van der Waals surface area contributed by atoms with Crippen LogP contribution in [0.4, 0.5) is 5.69 Å². The molecule has 0 aliphatic heterocycles. The average Bonchev–Trinajstić information content (AvgIpc) is 2.31. The summed E-state index contributed by atoms with van der Waals surface area (Å²) in [6.45, 7) is 3.79. The Balaban J connectivity index is 3.12. The Morgan fingerprint density at radius 1 is 1.44 bits per heavy atom. The van der Waals surface area contributed by atoms with Gasteiger partial charge in [-0.15, -0.1) is 11.6 Å². The third-order valence-corrected chi connectivity index (χ3v) is 2.89. The number of non-ortho nitro benzene ring substituents is 1. The van der Waals surface area contributed by atoms with Crippen LogP contribution in [0.5, 0.6) is 0 Å². The summed E-state index contributed by atoms with van der Waals surface area (Å²) in [5, 5.41) is 10.8. The van der Waals surface area contributed by atoms with E-state index in [9.17, 15) is 14.9 Å². The molecule has 6 heteroatoms. The van der Waals surface area contributed by atoms with Crippen molar-refractivity contribution < 1.29 is 14.5 Å². The summed E-state index contributed by atoms with van der Waals surface area (Å²) >= 11 is 5.74.